The molecule has 2 N–H and O–H groups in total. The lowest BCUT2D eigenvalue weighted by Crippen LogP contribution is -2.34. The summed E-state index contributed by atoms with van der Waals surface area (Å²) in [5, 5.41) is 3.39. The Morgan fingerprint density at radius 3 is 2.67 bits per heavy atom. The molecule has 122 valence electrons. The average Bonchev–Trinajstić information content (AvgIpc) is 2.60. The molecule has 0 aliphatic rings. The van der Waals surface area contributed by atoms with Crippen LogP contribution in [-0.2, 0) is 0 Å². The van der Waals surface area contributed by atoms with Gasteiger partial charge in [-0.25, -0.2) is 4.98 Å². The van der Waals surface area contributed by atoms with E-state index >= 15 is 0 Å². The summed E-state index contributed by atoms with van der Waals surface area (Å²) >= 11 is 0. The van der Waals surface area contributed by atoms with E-state index < -0.39 is 5.91 Å². The van der Waals surface area contributed by atoms with Crippen LogP contribution in [-0.4, -0.2) is 20.9 Å². The van der Waals surface area contributed by atoms with Gasteiger partial charge in [-0.3, -0.25) is 14.6 Å². The van der Waals surface area contributed by atoms with Crippen molar-refractivity contribution in [3.8, 4) is 0 Å². The van der Waals surface area contributed by atoms with Gasteiger partial charge in [0.1, 0.15) is 0 Å². The van der Waals surface area contributed by atoms with Crippen molar-refractivity contribution in [2.24, 2.45) is 5.92 Å². The maximum Gasteiger partial charge on any atom is 0.287 e. The lowest BCUT2D eigenvalue weighted by Gasteiger charge is -2.22. The van der Waals surface area contributed by atoms with E-state index in [1.807, 2.05) is 26.0 Å². The quantitative estimate of drug-likeness (QED) is 0.772. The molecule has 3 aromatic rings. The first-order valence-electron chi connectivity index (χ1n) is 7.76. The maximum atomic E-state index is 12.6. The molecule has 6 nitrogen and oxygen atoms in total. The molecular weight excluding hydrogens is 304 g/mol. The number of benzene rings is 1. The topological polar surface area (TPSA) is 87.7 Å². The van der Waals surface area contributed by atoms with Crippen molar-refractivity contribution in [1.82, 2.24) is 20.3 Å². The van der Waals surface area contributed by atoms with Crippen LogP contribution in [0, 0.1) is 5.92 Å². The Hall–Kier alpha value is -3.02. The van der Waals surface area contributed by atoms with Crippen molar-refractivity contribution >= 4 is 16.8 Å². The molecule has 1 amide bonds. The monoisotopic (exact) mass is 322 g/mol. The number of pyridine rings is 1. The highest BCUT2D eigenvalue weighted by atomic mass is 16.2. The van der Waals surface area contributed by atoms with Crippen molar-refractivity contribution in [1.29, 1.82) is 0 Å². The molecule has 24 heavy (non-hydrogen) atoms. The molecule has 2 aromatic heterocycles. The van der Waals surface area contributed by atoms with Crippen LogP contribution in [0.4, 0.5) is 0 Å². The summed E-state index contributed by atoms with van der Waals surface area (Å²) in [6.45, 7) is 4.02. The predicted molar refractivity (Wildman–Crippen MR) is 91.6 cm³/mol. The molecule has 0 fully saturated rings. The highest BCUT2D eigenvalue weighted by Crippen LogP contribution is 2.21. The molecule has 0 saturated heterocycles. The number of aromatic amines is 1. The Morgan fingerprint density at radius 2 is 1.96 bits per heavy atom. The van der Waals surface area contributed by atoms with E-state index in [-0.39, 0.29) is 23.3 Å². The molecule has 0 aliphatic heterocycles. The number of carbonyl (C=O) groups excluding carboxylic acids is 1. The molecule has 2 heterocycles. The van der Waals surface area contributed by atoms with Crippen molar-refractivity contribution in [2.45, 2.75) is 19.9 Å². The van der Waals surface area contributed by atoms with Gasteiger partial charge in [0.05, 0.1) is 16.9 Å². The smallest absolute Gasteiger partial charge is 0.287 e. The first kappa shape index (κ1) is 15.9. The van der Waals surface area contributed by atoms with E-state index in [4.69, 9.17) is 0 Å². The zero-order valence-corrected chi connectivity index (χ0v) is 13.5. The summed E-state index contributed by atoms with van der Waals surface area (Å²) in [6.07, 6.45) is 3.41. The van der Waals surface area contributed by atoms with Crippen molar-refractivity contribution in [3.05, 3.63) is 70.5 Å². The van der Waals surface area contributed by atoms with Crippen LogP contribution < -0.4 is 10.9 Å². The van der Waals surface area contributed by atoms with Crippen molar-refractivity contribution in [2.75, 3.05) is 0 Å². The van der Waals surface area contributed by atoms with Gasteiger partial charge in [0.15, 0.2) is 5.82 Å². The lowest BCUT2D eigenvalue weighted by molar-refractivity contribution is 0.0915. The number of amides is 1. The summed E-state index contributed by atoms with van der Waals surface area (Å²) in [5.74, 6) is -0.251. The second-order valence-electron chi connectivity index (χ2n) is 5.91. The minimum absolute atomic E-state index is 0.00763. The average molecular weight is 322 g/mol. The molecule has 0 saturated carbocycles. The number of H-pyrrole nitrogens is 1. The second kappa shape index (κ2) is 6.62. The molecule has 0 unspecified atom stereocenters. The Balaban J connectivity index is 1.92. The van der Waals surface area contributed by atoms with E-state index in [0.717, 1.165) is 5.56 Å². The number of rotatable bonds is 4. The molecule has 1 atom stereocenters. The van der Waals surface area contributed by atoms with E-state index in [1.54, 1.807) is 36.7 Å². The number of fused-ring (bicyclic) bond motifs is 1. The van der Waals surface area contributed by atoms with Gasteiger partial charge < -0.3 is 10.3 Å². The molecule has 1 aromatic carbocycles. The van der Waals surface area contributed by atoms with Crippen molar-refractivity contribution in [3.63, 3.8) is 0 Å². The van der Waals surface area contributed by atoms with Gasteiger partial charge in [0, 0.05) is 12.4 Å². The van der Waals surface area contributed by atoms with Crippen LogP contribution in [0.2, 0.25) is 0 Å². The fourth-order valence-corrected chi connectivity index (χ4v) is 2.60. The van der Waals surface area contributed by atoms with E-state index in [2.05, 4.69) is 20.3 Å². The fourth-order valence-electron chi connectivity index (χ4n) is 2.60. The summed E-state index contributed by atoms with van der Waals surface area (Å²) in [7, 11) is 0. The van der Waals surface area contributed by atoms with Gasteiger partial charge in [-0.05, 0) is 29.7 Å². The standard InChI is InChI=1S/C18H18N4O2/c1-11(2)15(12-6-5-9-19-10-12)21-18(24)16-20-14-8-4-3-7-13(14)17(23)22-16/h3-11,15H,1-2H3,(H,21,24)(H,20,22,23)/t15-/m1/s1. The molecule has 0 radical (unpaired) electrons. The largest absolute Gasteiger partial charge is 0.342 e. The summed E-state index contributed by atoms with van der Waals surface area (Å²) in [6, 6.07) is 10.4. The van der Waals surface area contributed by atoms with Gasteiger partial charge >= 0.3 is 0 Å². The van der Waals surface area contributed by atoms with Crippen molar-refractivity contribution < 1.29 is 4.79 Å². The normalized spacial score (nSPS) is 12.3. The minimum Gasteiger partial charge on any atom is -0.342 e. The van der Waals surface area contributed by atoms with E-state index in [0.29, 0.717) is 10.9 Å². The first-order chi connectivity index (χ1) is 11.6. The Kier molecular flexibility index (Phi) is 4.37. The number of carbonyl (C=O) groups is 1. The highest BCUT2D eigenvalue weighted by Gasteiger charge is 2.21. The molecule has 6 heteroatoms. The van der Waals surface area contributed by atoms with Gasteiger partial charge in [-0.1, -0.05) is 32.0 Å². The van der Waals surface area contributed by atoms with Crippen LogP contribution in [0.3, 0.4) is 0 Å². The highest BCUT2D eigenvalue weighted by molar-refractivity contribution is 5.92. The number of hydrogen-bond acceptors (Lipinski definition) is 4. The SMILES string of the molecule is CC(C)[C@@H](NC(=O)c1nc2ccccc2c(=O)[nH]1)c1cccnc1. The molecule has 0 aliphatic carbocycles. The second-order valence-corrected chi connectivity index (χ2v) is 5.91. The first-order valence-corrected chi connectivity index (χ1v) is 7.76. The number of para-hydroxylation sites is 1. The zero-order chi connectivity index (χ0) is 17.1. The summed E-state index contributed by atoms with van der Waals surface area (Å²) in [4.78, 5) is 35.6. The third-order valence-electron chi connectivity index (χ3n) is 3.82. The van der Waals surface area contributed by atoms with Gasteiger partial charge in [0.25, 0.3) is 11.5 Å². The van der Waals surface area contributed by atoms with Gasteiger partial charge in [-0.15, -0.1) is 0 Å². The third-order valence-corrected chi connectivity index (χ3v) is 3.82. The summed E-state index contributed by atoms with van der Waals surface area (Å²) in [5.41, 5.74) is 1.08. The molecule has 0 spiro atoms. The van der Waals surface area contributed by atoms with E-state index in [9.17, 15) is 9.59 Å². The van der Waals surface area contributed by atoms with Gasteiger partial charge in [-0.2, -0.15) is 0 Å². The van der Waals surface area contributed by atoms with Crippen LogP contribution >= 0.6 is 0 Å². The zero-order valence-electron chi connectivity index (χ0n) is 13.5. The fraction of sp³-hybridized carbons (Fsp3) is 0.222. The Morgan fingerprint density at radius 1 is 1.17 bits per heavy atom. The minimum atomic E-state index is -0.416. The molecular formula is C18H18N4O2. The lowest BCUT2D eigenvalue weighted by atomic mass is 9.97. The Bertz CT molecular complexity index is 919. The molecule has 0 bridgehead atoms. The van der Waals surface area contributed by atoms with Crippen LogP contribution in [0.5, 0.6) is 0 Å². The number of nitrogens with one attached hydrogen (secondary N) is 2. The van der Waals surface area contributed by atoms with Crippen LogP contribution in [0.15, 0.2) is 53.6 Å². The predicted octanol–water partition coefficient (Wildman–Crippen LogP) is 2.45. The third kappa shape index (κ3) is 3.17. The Labute approximate surface area is 139 Å². The maximum absolute atomic E-state index is 12.6. The summed E-state index contributed by atoms with van der Waals surface area (Å²) < 4.78 is 0. The van der Waals surface area contributed by atoms with E-state index in [1.165, 1.54) is 0 Å². The van der Waals surface area contributed by atoms with Crippen LogP contribution in [0.25, 0.3) is 10.9 Å². The van der Waals surface area contributed by atoms with Crippen LogP contribution in [0.1, 0.15) is 36.1 Å². The number of aromatic nitrogens is 3. The number of nitrogens with zero attached hydrogens (tertiary/aromatic N) is 2. The molecule has 3 rings (SSSR count). The number of hydrogen-bond donors (Lipinski definition) is 2. The van der Waals surface area contributed by atoms with Gasteiger partial charge in [0.2, 0.25) is 0 Å².